The second kappa shape index (κ2) is 7.67. The zero-order chi connectivity index (χ0) is 19.4. The summed E-state index contributed by atoms with van der Waals surface area (Å²) in [5.74, 6) is -4.01. The highest BCUT2D eigenvalue weighted by Gasteiger charge is 2.26. The number of sulfone groups is 1. The fraction of sp³-hybridized carbons (Fsp3) is 0.111. The van der Waals surface area contributed by atoms with Crippen molar-refractivity contribution >= 4 is 21.4 Å². The Morgan fingerprint density at radius 2 is 1.74 bits per heavy atom. The van der Waals surface area contributed by atoms with Crippen LogP contribution in [0.4, 0.5) is 14.5 Å². The maximum Gasteiger partial charge on any atom is 0.341 e. The average molecular weight is 391 g/mol. The zero-order valence-corrected chi connectivity index (χ0v) is 14.7. The topological polar surface area (TPSA) is 81.1 Å². The molecule has 9 heteroatoms. The molecule has 27 heavy (non-hydrogen) atoms. The molecule has 0 aliphatic heterocycles. The van der Waals surface area contributed by atoms with E-state index in [0.29, 0.717) is 12.2 Å². The predicted molar refractivity (Wildman–Crippen MR) is 95.4 cm³/mol. The van der Waals surface area contributed by atoms with Gasteiger partial charge < -0.3 is 5.32 Å². The minimum absolute atomic E-state index is 0.138. The molecule has 0 spiro atoms. The van der Waals surface area contributed by atoms with E-state index in [0.717, 1.165) is 17.7 Å². The van der Waals surface area contributed by atoms with Crippen molar-refractivity contribution in [1.82, 2.24) is 9.78 Å². The van der Waals surface area contributed by atoms with Crippen LogP contribution in [0.3, 0.4) is 0 Å². The van der Waals surface area contributed by atoms with Gasteiger partial charge in [-0.3, -0.25) is 9.48 Å². The first-order valence-corrected chi connectivity index (χ1v) is 9.41. The highest BCUT2D eigenvalue weighted by molar-refractivity contribution is 7.91. The van der Waals surface area contributed by atoms with Crippen LogP contribution in [0.2, 0.25) is 0 Å². The van der Waals surface area contributed by atoms with Gasteiger partial charge in [-0.25, -0.2) is 8.42 Å². The minimum Gasteiger partial charge on any atom is -0.319 e. The molecule has 6 nitrogen and oxygen atoms in total. The Balaban J connectivity index is 1.67. The number of alkyl halides is 2. The Kier molecular flexibility index (Phi) is 5.31. The number of benzene rings is 2. The maximum absolute atomic E-state index is 12.5. The van der Waals surface area contributed by atoms with E-state index in [1.54, 1.807) is 10.9 Å². The Morgan fingerprint density at radius 3 is 2.37 bits per heavy atom. The van der Waals surface area contributed by atoms with Crippen molar-refractivity contribution in [3.63, 3.8) is 0 Å². The molecule has 0 saturated heterocycles. The van der Waals surface area contributed by atoms with E-state index in [1.165, 1.54) is 18.3 Å². The summed E-state index contributed by atoms with van der Waals surface area (Å²) in [5.41, 5.74) is 1.65. The fourth-order valence-electron chi connectivity index (χ4n) is 2.39. The van der Waals surface area contributed by atoms with E-state index in [-0.39, 0.29) is 5.56 Å². The molecule has 0 atom stereocenters. The molecule has 1 aromatic heterocycles. The lowest BCUT2D eigenvalue weighted by Gasteiger charge is -2.05. The van der Waals surface area contributed by atoms with Gasteiger partial charge in [-0.15, -0.1) is 0 Å². The second-order valence-corrected chi connectivity index (χ2v) is 7.61. The van der Waals surface area contributed by atoms with Crippen LogP contribution in [-0.2, 0) is 16.4 Å². The quantitative estimate of drug-likeness (QED) is 0.700. The third kappa shape index (κ3) is 4.37. The minimum atomic E-state index is -4.68. The van der Waals surface area contributed by atoms with E-state index < -0.39 is 26.4 Å². The number of rotatable bonds is 6. The van der Waals surface area contributed by atoms with Crippen molar-refractivity contribution in [3.8, 4) is 0 Å². The summed E-state index contributed by atoms with van der Waals surface area (Å²) in [4.78, 5) is 11.7. The van der Waals surface area contributed by atoms with Crippen LogP contribution in [0.15, 0.2) is 71.9 Å². The second-order valence-electron chi connectivity index (χ2n) is 5.70. The van der Waals surface area contributed by atoms with Crippen LogP contribution >= 0.6 is 0 Å². The molecule has 0 unspecified atom stereocenters. The molecule has 1 amide bonds. The molecule has 0 bridgehead atoms. The Labute approximate surface area is 154 Å². The molecular weight excluding hydrogens is 376 g/mol. The largest absolute Gasteiger partial charge is 0.341 e. The molecule has 140 valence electrons. The number of carbonyl (C=O) groups excluding carboxylic acids is 1. The van der Waals surface area contributed by atoms with Crippen LogP contribution in [0.1, 0.15) is 15.9 Å². The molecule has 3 aromatic rings. The lowest BCUT2D eigenvalue weighted by Crippen LogP contribution is -2.14. The SMILES string of the molecule is O=C(Nc1cnn(Cc2ccccc2)c1)c1ccc(S(=O)(=O)C(F)F)cc1. The first-order chi connectivity index (χ1) is 12.9. The highest BCUT2D eigenvalue weighted by Crippen LogP contribution is 2.19. The number of amides is 1. The number of carbonyl (C=O) groups is 1. The Hall–Kier alpha value is -3.07. The standard InChI is InChI=1S/C18H15F2N3O3S/c19-18(20)27(25,26)16-8-6-14(7-9-16)17(24)22-15-10-21-23(12-15)11-13-4-2-1-3-5-13/h1-10,12,18H,11H2,(H,22,24). The van der Waals surface area contributed by atoms with E-state index in [9.17, 15) is 22.0 Å². The Bertz CT molecular complexity index is 1030. The van der Waals surface area contributed by atoms with Gasteiger partial charge in [0.05, 0.1) is 23.3 Å². The van der Waals surface area contributed by atoms with Crippen molar-refractivity contribution < 1.29 is 22.0 Å². The van der Waals surface area contributed by atoms with Gasteiger partial charge in [0.1, 0.15) is 0 Å². The van der Waals surface area contributed by atoms with Gasteiger partial charge in [0, 0.05) is 11.8 Å². The number of hydrogen-bond acceptors (Lipinski definition) is 4. The van der Waals surface area contributed by atoms with Gasteiger partial charge in [-0.2, -0.15) is 13.9 Å². The average Bonchev–Trinajstić information content (AvgIpc) is 3.09. The molecule has 1 heterocycles. The molecule has 0 saturated carbocycles. The molecule has 3 rings (SSSR count). The monoisotopic (exact) mass is 391 g/mol. The van der Waals surface area contributed by atoms with Crippen molar-refractivity contribution in [2.45, 2.75) is 17.2 Å². The third-order valence-corrected chi connectivity index (χ3v) is 5.16. The molecule has 1 N–H and O–H groups in total. The Morgan fingerprint density at radius 1 is 1.07 bits per heavy atom. The van der Waals surface area contributed by atoms with E-state index in [2.05, 4.69) is 10.4 Å². The van der Waals surface area contributed by atoms with Crippen molar-refractivity contribution in [1.29, 1.82) is 0 Å². The van der Waals surface area contributed by atoms with Gasteiger partial charge in [0.2, 0.25) is 9.84 Å². The van der Waals surface area contributed by atoms with Gasteiger partial charge in [0.15, 0.2) is 0 Å². The zero-order valence-electron chi connectivity index (χ0n) is 13.9. The van der Waals surface area contributed by atoms with Crippen molar-refractivity contribution in [3.05, 3.63) is 78.1 Å². The summed E-state index contributed by atoms with van der Waals surface area (Å²) in [6.45, 7) is 0.539. The number of nitrogens with one attached hydrogen (secondary N) is 1. The molecule has 2 aromatic carbocycles. The van der Waals surface area contributed by atoms with Crippen molar-refractivity contribution in [2.24, 2.45) is 0 Å². The van der Waals surface area contributed by atoms with Gasteiger partial charge in [0.25, 0.3) is 5.91 Å². The molecule has 0 radical (unpaired) electrons. The summed E-state index contributed by atoms with van der Waals surface area (Å²) in [5, 5.41) is 6.79. The van der Waals surface area contributed by atoms with Gasteiger partial charge in [-0.05, 0) is 29.8 Å². The van der Waals surface area contributed by atoms with Crippen LogP contribution in [0, 0.1) is 0 Å². The van der Waals surface area contributed by atoms with E-state index in [4.69, 9.17) is 0 Å². The summed E-state index contributed by atoms with van der Waals surface area (Å²) < 4.78 is 49.5. The smallest absolute Gasteiger partial charge is 0.319 e. The lowest BCUT2D eigenvalue weighted by atomic mass is 10.2. The number of hydrogen-bond donors (Lipinski definition) is 1. The molecular formula is C18H15F2N3O3S. The predicted octanol–water partition coefficient (Wildman–Crippen LogP) is 3.18. The summed E-state index contributed by atoms with van der Waals surface area (Å²) >= 11 is 0. The summed E-state index contributed by atoms with van der Waals surface area (Å²) in [6.07, 6.45) is 3.14. The number of anilines is 1. The van der Waals surface area contributed by atoms with E-state index in [1.807, 2.05) is 30.3 Å². The van der Waals surface area contributed by atoms with Gasteiger partial charge in [-0.1, -0.05) is 30.3 Å². The maximum atomic E-state index is 12.5. The number of aromatic nitrogens is 2. The molecule has 0 aliphatic carbocycles. The normalized spacial score (nSPS) is 11.5. The lowest BCUT2D eigenvalue weighted by molar-refractivity contribution is 0.102. The number of nitrogens with zero attached hydrogens (tertiary/aromatic N) is 2. The fourth-order valence-corrected chi connectivity index (χ4v) is 3.11. The van der Waals surface area contributed by atoms with Gasteiger partial charge >= 0.3 is 5.76 Å². The summed E-state index contributed by atoms with van der Waals surface area (Å²) in [7, 11) is -4.68. The van der Waals surface area contributed by atoms with Crippen LogP contribution in [0.25, 0.3) is 0 Å². The first-order valence-electron chi connectivity index (χ1n) is 7.86. The molecule has 0 fully saturated rings. The third-order valence-electron chi connectivity index (χ3n) is 3.76. The van der Waals surface area contributed by atoms with E-state index >= 15 is 0 Å². The first kappa shape index (κ1) is 18.7. The van der Waals surface area contributed by atoms with Crippen LogP contribution in [-0.4, -0.2) is 29.9 Å². The molecule has 0 aliphatic rings. The number of halogens is 2. The van der Waals surface area contributed by atoms with Crippen molar-refractivity contribution in [2.75, 3.05) is 5.32 Å². The summed E-state index contributed by atoms with van der Waals surface area (Å²) in [6, 6.07) is 14.0. The van der Waals surface area contributed by atoms with Crippen LogP contribution in [0.5, 0.6) is 0 Å². The highest BCUT2D eigenvalue weighted by atomic mass is 32.2. The van der Waals surface area contributed by atoms with Crippen LogP contribution < -0.4 is 5.32 Å².